The summed E-state index contributed by atoms with van der Waals surface area (Å²) in [5.74, 6) is 0. The minimum absolute atomic E-state index is 0.113. The molecule has 17 heavy (non-hydrogen) atoms. The van der Waals surface area contributed by atoms with Crippen molar-refractivity contribution in [2.75, 3.05) is 6.54 Å². The minimum Gasteiger partial charge on any atom is -0.210 e. The lowest BCUT2D eigenvalue weighted by Crippen LogP contribution is -2.39. The van der Waals surface area contributed by atoms with Crippen LogP contribution in [0.25, 0.3) is 0 Å². The number of rotatable bonds is 4. The standard InChI is InChI=1S/C11H14N2O2S2/c1-11(5-2-6-11)8-13-17(14,15)10-4-3-9(7-12)16-10/h3-4,13H,2,5-6,8H2,1H3. The van der Waals surface area contributed by atoms with Crippen molar-refractivity contribution >= 4 is 21.4 Å². The van der Waals surface area contributed by atoms with Gasteiger partial charge in [0.1, 0.15) is 15.2 Å². The molecule has 1 heterocycles. The molecule has 1 N–H and O–H groups in total. The lowest BCUT2D eigenvalue weighted by Gasteiger charge is -2.38. The van der Waals surface area contributed by atoms with Gasteiger partial charge in [-0.05, 0) is 30.4 Å². The fourth-order valence-electron chi connectivity index (χ4n) is 1.82. The van der Waals surface area contributed by atoms with Crippen molar-refractivity contribution in [3.05, 3.63) is 17.0 Å². The molecule has 0 bridgehead atoms. The zero-order chi connectivity index (χ0) is 12.5. The summed E-state index contributed by atoms with van der Waals surface area (Å²) in [6.45, 7) is 2.57. The summed E-state index contributed by atoms with van der Waals surface area (Å²) < 4.78 is 26.7. The molecule has 4 nitrogen and oxygen atoms in total. The van der Waals surface area contributed by atoms with Gasteiger partial charge in [0.25, 0.3) is 0 Å². The highest BCUT2D eigenvalue weighted by Gasteiger charge is 2.33. The molecule has 0 radical (unpaired) electrons. The van der Waals surface area contributed by atoms with Crippen molar-refractivity contribution in [1.82, 2.24) is 4.72 Å². The van der Waals surface area contributed by atoms with Crippen molar-refractivity contribution in [1.29, 1.82) is 5.26 Å². The number of nitriles is 1. The first-order valence-corrected chi connectivity index (χ1v) is 7.75. The van der Waals surface area contributed by atoms with Crippen LogP contribution >= 0.6 is 11.3 Å². The highest BCUT2D eigenvalue weighted by atomic mass is 32.2. The van der Waals surface area contributed by atoms with E-state index >= 15 is 0 Å². The molecule has 1 aliphatic carbocycles. The van der Waals surface area contributed by atoms with E-state index in [2.05, 4.69) is 11.6 Å². The number of nitrogens with zero attached hydrogens (tertiary/aromatic N) is 1. The first-order chi connectivity index (χ1) is 7.95. The molecule has 1 aliphatic rings. The molecule has 6 heteroatoms. The van der Waals surface area contributed by atoms with Crippen LogP contribution in [0.3, 0.4) is 0 Å². The Balaban J connectivity index is 2.06. The van der Waals surface area contributed by atoms with Crippen LogP contribution in [-0.2, 0) is 10.0 Å². The molecule has 92 valence electrons. The van der Waals surface area contributed by atoms with Gasteiger partial charge in [0.15, 0.2) is 0 Å². The Hall–Kier alpha value is -0.900. The first kappa shape index (κ1) is 12.6. The first-order valence-electron chi connectivity index (χ1n) is 5.45. The molecule has 2 rings (SSSR count). The molecule has 1 aromatic heterocycles. The maximum absolute atomic E-state index is 11.9. The third-order valence-corrected chi connectivity index (χ3v) is 6.09. The normalized spacial score (nSPS) is 18.4. The van der Waals surface area contributed by atoms with Gasteiger partial charge in [-0.3, -0.25) is 0 Å². The molecule has 0 spiro atoms. The van der Waals surface area contributed by atoms with Crippen LogP contribution < -0.4 is 4.72 Å². The summed E-state index contributed by atoms with van der Waals surface area (Å²) in [5.41, 5.74) is 0.113. The van der Waals surface area contributed by atoms with Crippen LogP contribution in [0.4, 0.5) is 0 Å². The Morgan fingerprint density at radius 1 is 1.53 bits per heavy atom. The molecule has 1 saturated carbocycles. The topological polar surface area (TPSA) is 70.0 Å². The van der Waals surface area contributed by atoms with Crippen LogP contribution in [0.1, 0.15) is 31.1 Å². The lowest BCUT2D eigenvalue weighted by atomic mass is 9.71. The monoisotopic (exact) mass is 270 g/mol. The summed E-state index contributed by atoms with van der Waals surface area (Å²) in [6, 6.07) is 4.95. The summed E-state index contributed by atoms with van der Waals surface area (Å²) >= 11 is 1.00. The second-order valence-electron chi connectivity index (χ2n) is 4.72. The van der Waals surface area contributed by atoms with Crippen LogP contribution in [0.15, 0.2) is 16.3 Å². The van der Waals surface area contributed by atoms with Gasteiger partial charge in [-0.25, -0.2) is 13.1 Å². The predicted molar refractivity (Wildman–Crippen MR) is 66.2 cm³/mol. The molecule has 1 fully saturated rings. The number of sulfonamides is 1. The molecule has 0 aromatic carbocycles. The SMILES string of the molecule is CC1(CNS(=O)(=O)c2ccc(C#N)s2)CCC1. The Morgan fingerprint density at radius 3 is 2.71 bits per heavy atom. The van der Waals surface area contributed by atoms with E-state index in [-0.39, 0.29) is 9.62 Å². The Labute approximate surface area is 105 Å². The van der Waals surface area contributed by atoms with Gasteiger partial charge in [0.05, 0.1) is 0 Å². The van der Waals surface area contributed by atoms with E-state index < -0.39 is 10.0 Å². The fraction of sp³-hybridized carbons (Fsp3) is 0.545. The minimum atomic E-state index is -3.44. The lowest BCUT2D eigenvalue weighted by molar-refractivity contribution is 0.166. The van der Waals surface area contributed by atoms with Gasteiger partial charge >= 0.3 is 0 Å². The van der Waals surface area contributed by atoms with Gasteiger partial charge in [-0.1, -0.05) is 13.3 Å². The maximum Gasteiger partial charge on any atom is 0.250 e. The Bertz CT molecular complexity index is 550. The molecule has 0 unspecified atom stereocenters. The summed E-state index contributed by atoms with van der Waals surface area (Å²) in [4.78, 5) is 0.417. The second kappa shape index (κ2) is 4.41. The summed E-state index contributed by atoms with van der Waals surface area (Å²) in [5, 5.41) is 8.67. The van der Waals surface area contributed by atoms with E-state index in [1.54, 1.807) is 0 Å². The molecule has 0 amide bonds. The molecule has 1 aromatic rings. The Morgan fingerprint density at radius 2 is 2.24 bits per heavy atom. The largest absolute Gasteiger partial charge is 0.250 e. The molecular formula is C11H14N2O2S2. The Kier molecular flexibility index (Phi) is 3.25. The second-order valence-corrected chi connectivity index (χ2v) is 7.80. The predicted octanol–water partition coefficient (Wildman–Crippen LogP) is 2.09. The van der Waals surface area contributed by atoms with Gasteiger partial charge in [-0.2, -0.15) is 5.26 Å². The zero-order valence-electron chi connectivity index (χ0n) is 9.56. The molecule has 0 saturated heterocycles. The summed E-state index contributed by atoms with van der Waals surface area (Å²) in [6.07, 6.45) is 3.32. The van der Waals surface area contributed by atoms with E-state index in [0.29, 0.717) is 11.4 Å². The van der Waals surface area contributed by atoms with E-state index in [1.807, 2.05) is 6.07 Å². The van der Waals surface area contributed by atoms with Crippen molar-refractivity contribution in [3.8, 4) is 6.07 Å². The van der Waals surface area contributed by atoms with Crippen LogP contribution in [-0.4, -0.2) is 15.0 Å². The quantitative estimate of drug-likeness (QED) is 0.910. The summed E-state index contributed by atoms with van der Waals surface area (Å²) in [7, 11) is -3.44. The van der Waals surface area contributed by atoms with Crippen molar-refractivity contribution in [3.63, 3.8) is 0 Å². The van der Waals surface area contributed by atoms with E-state index in [9.17, 15) is 8.42 Å². The fourth-order valence-corrected chi connectivity index (χ4v) is 4.17. The van der Waals surface area contributed by atoms with Crippen LogP contribution in [0.2, 0.25) is 0 Å². The molecule has 0 aliphatic heterocycles. The number of hydrogen-bond acceptors (Lipinski definition) is 4. The van der Waals surface area contributed by atoms with Crippen LogP contribution in [0, 0.1) is 16.7 Å². The van der Waals surface area contributed by atoms with Crippen molar-refractivity contribution in [2.45, 2.75) is 30.4 Å². The number of hydrogen-bond donors (Lipinski definition) is 1. The van der Waals surface area contributed by atoms with Crippen molar-refractivity contribution < 1.29 is 8.42 Å². The third-order valence-electron chi connectivity index (χ3n) is 3.21. The number of nitrogens with one attached hydrogen (secondary N) is 1. The van der Waals surface area contributed by atoms with E-state index in [1.165, 1.54) is 18.6 Å². The van der Waals surface area contributed by atoms with E-state index in [0.717, 1.165) is 24.2 Å². The average molecular weight is 270 g/mol. The smallest absolute Gasteiger partial charge is 0.210 e. The van der Waals surface area contributed by atoms with Crippen molar-refractivity contribution in [2.24, 2.45) is 5.41 Å². The highest BCUT2D eigenvalue weighted by molar-refractivity contribution is 7.91. The van der Waals surface area contributed by atoms with Gasteiger partial charge in [0, 0.05) is 6.54 Å². The highest BCUT2D eigenvalue weighted by Crippen LogP contribution is 2.39. The third kappa shape index (κ3) is 2.68. The maximum atomic E-state index is 11.9. The molecular weight excluding hydrogens is 256 g/mol. The van der Waals surface area contributed by atoms with Gasteiger partial charge < -0.3 is 0 Å². The van der Waals surface area contributed by atoms with Gasteiger partial charge in [-0.15, -0.1) is 11.3 Å². The van der Waals surface area contributed by atoms with E-state index in [4.69, 9.17) is 5.26 Å². The van der Waals surface area contributed by atoms with Gasteiger partial charge in [0.2, 0.25) is 10.0 Å². The molecule has 0 atom stereocenters. The zero-order valence-corrected chi connectivity index (χ0v) is 11.2. The van der Waals surface area contributed by atoms with Crippen LogP contribution in [0.5, 0.6) is 0 Å². The average Bonchev–Trinajstić information content (AvgIpc) is 2.73. The number of thiophene rings is 1.